The Morgan fingerprint density at radius 2 is 2.06 bits per heavy atom. The van der Waals surface area contributed by atoms with Crippen molar-refractivity contribution in [2.24, 2.45) is 11.7 Å². The molecule has 92 valence electrons. The van der Waals surface area contributed by atoms with Gasteiger partial charge in [-0.25, -0.2) is 0 Å². The molecule has 2 atom stereocenters. The van der Waals surface area contributed by atoms with Gasteiger partial charge in [-0.1, -0.05) is 19.0 Å². The van der Waals surface area contributed by atoms with E-state index in [1.165, 1.54) is 0 Å². The van der Waals surface area contributed by atoms with Crippen molar-refractivity contribution in [1.29, 1.82) is 0 Å². The Hall–Kier alpha value is -0.940. The Labute approximate surface area is 96.4 Å². The molecule has 0 amide bonds. The minimum absolute atomic E-state index is 0.0516. The van der Waals surface area contributed by atoms with Crippen molar-refractivity contribution in [2.45, 2.75) is 46.3 Å². The molecular weight excluding hydrogens is 206 g/mol. The van der Waals surface area contributed by atoms with Crippen LogP contribution in [0, 0.1) is 5.92 Å². The van der Waals surface area contributed by atoms with Crippen molar-refractivity contribution >= 4 is 0 Å². The van der Waals surface area contributed by atoms with Crippen LogP contribution in [0.5, 0.6) is 0 Å². The lowest BCUT2D eigenvalue weighted by Gasteiger charge is -2.12. The minimum atomic E-state index is -0.127. The van der Waals surface area contributed by atoms with Crippen LogP contribution in [0.1, 0.15) is 45.5 Å². The summed E-state index contributed by atoms with van der Waals surface area (Å²) in [5.41, 5.74) is 5.93. The largest absolute Gasteiger partial charge is 0.371 e. The van der Waals surface area contributed by atoms with Gasteiger partial charge in [0.05, 0.1) is 0 Å². The lowest BCUT2D eigenvalue weighted by molar-refractivity contribution is 0.0683. The van der Waals surface area contributed by atoms with Crippen molar-refractivity contribution in [2.75, 3.05) is 6.61 Å². The molecule has 1 aromatic heterocycles. The highest BCUT2D eigenvalue weighted by molar-refractivity contribution is 4.92. The molecule has 16 heavy (non-hydrogen) atoms. The molecule has 2 N–H and O–H groups in total. The second kappa shape index (κ2) is 5.96. The molecule has 1 aromatic rings. The molecular formula is C11H21N3O2. The third-order valence-corrected chi connectivity index (χ3v) is 2.53. The Bertz CT molecular complexity index is 312. The number of nitrogens with two attached hydrogens (primary N) is 1. The van der Waals surface area contributed by atoms with Gasteiger partial charge in [-0.15, -0.1) is 0 Å². The van der Waals surface area contributed by atoms with E-state index in [-0.39, 0.29) is 12.1 Å². The SMILES string of the molecule is CCOC(C)c1noc(CC(N)C(C)C)n1. The van der Waals surface area contributed by atoms with Gasteiger partial charge in [-0.05, 0) is 19.8 Å². The van der Waals surface area contributed by atoms with Crippen molar-refractivity contribution in [3.05, 3.63) is 11.7 Å². The maximum Gasteiger partial charge on any atom is 0.228 e. The van der Waals surface area contributed by atoms with E-state index in [1.54, 1.807) is 0 Å². The van der Waals surface area contributed by atoms with Crippen LogP contribution in [0.3, 0.4) is 0 Å². The summed E-state index contributed by atoms with van der Waals surface area (Å²) in [5.74, 6) is 1.58. The summed E-state index contributed by atoms with van der Waals surface area (Å²) in [4.78, 5) is 4.27. The van der Waals surface area contributed by atoms with E-state index >= 15 is 0 Å². The van der Waals surface area contributed by atoms with Gasteiger partial charge >= 0.3 is 0 Å². The molecule has 0 bridgehead atoms. The Morgan fingerprint density at radius 3 is 2.62 bits per heavy atom. The summed E-state index contributed by atoms with van der Waals surface area (Å²) >= 11 is 0. The summed E-state index contributed by atoms with van der Waals surface area (Å²) in [5, 5.41) is 3.88. The zero-order valence-corrected chi connectivity index (χ0v) is 10.4. The van der Waals surface area contributed by atoms with Crippen LogP contribution in [0.2, 0.25) is 0 Å². The van der Waals surface area contributed by atoms with Crippen LogP contribution in [0.25, 0.3) is 0 Å². The average molecular weight is 227 g/mol. The van der Waals surface area contributed by atoms with Gasteiger partial charge in [-0.2, -0.15) is 4.98 Å². The first kappa shape index (κ1) is 13.1. The van der Waals surface area contributed by atoms with Crippen LogP contribution in [0.15, 0.2) is 4.52 Å². The monoisotopic (exact) mass is 227 g/mol. The summed E-state index contributed by atoms with van der Waals surface area (Å²) in [6, 6.07) is 0.0516. The molecule has 5 heteroatoms. The molecule has 0 aromatic carbocycles. The van der Waals surface area contributed by atoms with E-state index in [9.17, 15) is 0 Å². The molecule has 0 fully saturated rings. The smallest absolute Gasteiger partial charge is 0.228 e. The van der Waals surface area contributed by atoms with E-state index in [0.29, 0.717) is 30.7 Å². The molecule has 0 saturated carbocycles. The highest BCUT2D eigenvalue weighted by atomic mass is 16.5. The minimum Gasteiger partial charge on any atom is -0.371 e. The standard InChI is InChI=1S/C11H21N3O2/c1-5-15-8(4)11-13-10(16-14-11)6-9(12)7(2)3/h7-9H,5-6,12H2,1-4H3. The maximum absolute atomic E-state index is 5.93. The number of hydrogen-bond donors (Lipinski definition) is 1. The first-order valence-corrected chi connectivity index (χ1v) is 5.74. The van der Waals surface area contributed by atoms with E-state index in [1.807, 2.05) is 13.8 Å². The lowest BCUT2D eigenvalue weighted by Crippen LogP contribution is -2.28. The number of ether oxygens (including phenoxy) is 1. The van der Waals surface area contributed by atoms with E-state index in [0.717, 1.165) is 0 Å². The summed E-state index contributed by atoms with van der Waals surface area (Å²) in [7, 11) is 0. The van der Waals surface area contributed by atoms with E-state index in [2.05, 4.69) is 24.0 Å². The molecule has 0 aliphatic carbocycles. The van der Waals surface area contributed by atoms with Crippen LogP contribution < -0.4 is 5.73 Å². The van der Waals surface area contributed by atoms with Crippen LogP contribution >= 0.6 is 0 Å². The van der Waals surface area contributed by atoms with Crippen LogP contribution in [-0.2, 0) is 11.2 Å². The fourth-order valence-corrected chi connectivity index (χ4v) is 1.28. The molecule has 2 unspecified atom stereocenters. The van der Waals surface area contributed by atoms with E-state index in [4.69, 9.17) is 15.0 Å². The molecule has 0 aliphatic heterocycles. The Kier molecular flexibility index (Phi) is 4.89. The Morgan fingerprint density at radius 1 is 1.38 bits per heavy atom. The normalized spacial score (nSPS) is 15.4. The molecule has 0 radical (unpaired) electrons. The molecule has 0 saturated heterocycles. The topological polar surface area (TPSA) is 74.2 Å². The van der Waals surface area contributed by atoms with Crippen LogP contribution in [-0.4, -0.2) is 22.8 Å². The Balaban J connectivity index is 2.57. The third-order valence-electron chi connectivity index (χ3n) is 2.53. The fraction of sp³-hybridized carbons (Fsp3) is 0.818. The highest BCUT2D eigenvalue weighted by Gasteiger charge is 2.17. The predicted octanol–water partition coefficient (Wildman–Crippen LogP) is 1.69. The zero-order valence-electron chi connectivity index (χ0n) is 10.4. The van der Waals surface area contributed by atoms with Crippen molar-refractivity contribution in [1.82, 2.24) is 10.1 Å². The second-order valence-electron chi connectivity index (χ2n) is 4.26. The average Bonchev–Trinajstić information content (AvgIpc) is 2.66. The van der Waals surface area contributed by atoms with Crippen LogP contribution in [0.4, 0.5) is 0 Å². The summed E-state index contributed by atoms with van der Waals surface area (Å²) in [6.45, 7) is 8.62. The molecule has 5 nitrogen and oxygen atoms in total. The molecule has 0 spiro atoms. The number of aromatic nitrogens is 2. The third kappa shape index (κ3) is 3.57. The van der Waals surface area contributed by atoms with Gasteiger partial charge < -0.3 is 15.0 Å². The number of hydrogen-bond acceptors (Lipinski definition) is 5. The van der Waals surface area contributed by atoms with Gasteiger partial charge in [0.1, 0.15) is 6.10 Å². The maximum atomic E-state index is 5.93. The van der Waals surface area contributed by atoms with Crippen molar-refractivity contribution in [3.63, 3.8) is 0 Å². The highest BCUT2D eigenvalue weighted by Crippen LogP contribution is 2.14. The fourth-order valence-electron chi connectivity index (χ4n) is 1.28. The summed E-state index contributed by atoms with van der Waals surface area (Å²) in [6.07, 6.45) is 0.488. The molecule has 0 aliphatic rings. The lowest BCUT2D eigenvalue weighted by atomic mass is 10.0. The van der Waals surface area contributed by atoms with Gasteiger partial charge in [0.25, 0.3) is 0 Å². The van der Waals surface area contributed by atoms with Crippen molar-refractivity contribution in [3.8, 4) is 0 Å². The number of rotatable bonds is 6. The zero-order chi connectivity index (χ0) is 12.1. The second-order valence-corrected chi connectivity index (χ2v) is 4.26. The van der Waals surface area contributed by atoms with Gasteiger partial charge in [0.2, 0.25) is 5.89 Å². The van der Waals surface area contributed by atoms with E-state index < -0.39 is 0 Å². The summed E-state index contributed by atoms with van der Waals surface area (Å²) < 4.78 is 10.5. The first-order chi connectivity index (χ1) is 7.54. The first-order valence-electron chi connectivity index (χ1n) is 5.74. The van der Waals surface area contributed by atoms with Gasteiger partial charge in [-0.3, -0.25) is 0 Å². The predicted molar refractivity (Wildman–Crippen MR) is 60.9 cm³/mol. The van der Waals surface area contributed by atoms with Gasteiger partial charge in [0.15, 0.2) is 5.82 Å². The quantitative estimate of drug-likeness (QED) is 0.800. The molecule has 1 heterocycles. The molecule has 1 rings (SSSR count). The number of nitrogens with zero attached hydrogens (tertiary/aromatic N) is 2. The van der Waals surface area contributed by atoms with Crippen molar-refractivity contribution < 1.29 is 9.26 Å². The van der Waals surface area contributed by atoms with Gasteiger partial charge in [0, 0.05) is 19.1 Å².